The number of alkyl halides is 1. The highest BCUT2D eigenvalue weighted by atomic mass is 79.9. The summed E-state index contributed by atoms with van der Waals surface area (Å²) in [4.78, 5) is 14.4. The first-order chi connectivity index (χ1) is 8.98. The van der Waals surface area contributed by atoms with Crippen LogP contribution in [-0.2, 0) is 0 Å². The van der Waals surface area contributed by atoms with Crippen LogP contribution >= 0.6 is 15.9 Å². The molecule has 0 aliphatic carbocycles. The molecule has 0 radical (unpaired) electrons. The van der Waals surface area contributed by atoms with Gasteiger partial charge in [0.05, 0.1) is 6.61 Å². The maximum absolute atomic E-state index is 11.0. The average molecular weight is 331 g/mol. The summed E-state index contributed by atoms with van der Waals surface area (Å²) in [5, 5.41) is 11.8. The highest BCUT2D eigenvalue weighted by Gasteiger charge is 2.27. The molecule has 0 saturated carbocycles. The Morgan fingerprint density at radius 1 is 1.42 bits per heavy atom. The molecule has 0 N–H and O–H groups in total. The van der Waals surface area contributed by atoms with Crippen molar-refractivity contribution in [2.75, 3.05) is 11.9 Å². The molecule has 1 aromatic rings. The SMILES string of the molecule is CCC(CC)(CBr)COc1ccc(C)nc1[N+](=O)[O-]. The molecule has 1 heterocycles. The Labute approximate surface area is 121 Å². The summed E-state index contributed by atoms with van der Waals surface area (Å²) >= 11 is 3.50. The molecule has 0 unspecified atom stereocenters. The maximum Gasteiger partial charge on any atom is 0.406 e. The molecule has 0 atom stereocenters. The van der Waals surface area contributed by atoms with E-state index in [4.69, 9.17) is 4.74 Å². The summed E-state index contributed by atoms with van der Waals surface area (Å²) in [6.45, 7) is 6.35. The van der Waals surface area contributed by atoms with E-state index in [0.717, 1.165) is 18.2 Å². The van der Waals surface area contributed by atoms with Crippen LogP contribution in [0.4, 0.5) is 5.82 Å². The lowest BCUT2D eigenvalue weighted by Crippen LogP contribution is -2.29. The summed E-state index contributed by atoms with van der Waals surface area (Å²) < 4.78 is 5.66. The van der Waals surface area contributed by atoms with Gasteiger partial charge < -0.3 is 14.9 Å². The first-order valence-corrected chi connectivity index (χ1v) is 7.41. The van der Waals surface area contributed by atoms with E-state index in [2.05, 4.69) is 34.8 Å². The average Bonchev–Trinajstić information content (AvgIpc) is 2.42. The van der Waals surface area contributed by atoms with Crippen molar-refractivity contribution in [3.8, 4) is 5.75 Å². The van der Waals surface area contributed by atoms with Crippen LogP contribution < -0.4 is 4.74 Å². The van der Waals surface area contributed by atoms with Crippen molar-refractivity contribution >= 4 is 21.7 Å². The van der Waals surface area contributed by atoms with Gasteiger partial charge >= 0.3 is 5.82 Å². The van der Waals surface area contributed by atoms with Crippen molar-refractivity contribution in [1.82, 2.24) is 4.98 Å². The zero-order valence-corrected chi connectivity index (χ0v) is 13.1. The van der Waals surface area contributed by atoms with Gasteiger partial charge in [-0.2, -0.15) is 0 Å². The molecule has 0 spiro atoms. The van der Waals surface area contributed by atoms with Crippen molar-refractivity contribution in [1.29, 1.82) is 0 Å². The van der Waals surface area contributed by atoms with E-state index in [1.165, 1.54) is 0 Å². The zero-order chi connectivity index (χ0) is 14.5. The lowest BCUT2D eigenvalue weighted by atomic mass is 9.86. The molecule has 0 aromatic carbocycles. The van der Waals surface area contributed by atoms with Gasteiger partial charge in [0.25, 0.3) is 0 Å². The lowest BCUT2D eigenvalue weighted by molar-refractivity contribution is -0.390. The van der Waals surface area contributed by atoms with E-state index in [0.29, 0.717) is 12.3 Å². The molecule has 106 valence electrons. The highest BCUT2D eigenvalue weighted by Crippen LogP contribution is 2.32. The summed E-state index contributed by atoms with van der Waals surface area (Å²) in [5.41, 5.74) is 0.607. The van der Waals surface area contributed by atoms with Gasteiger partial charge in [-0.05, 0) is 34.9 Å². The van der Waals surface area contributed by atoms with Crippen LogP contribution in [0.5, 0.6) is 5.75 Å². The first kappa shape index (κ1) is 15.9. The predicted octanol–water partition coefficient (Wildman–Crippen LogP) is 3.88. The second kappa shape index (κ2) is 6.84. The number of hydrogen-bond donors (Lipinski definition) is 0. The third-order valence-electron chi connectivity index (χ3n) is 3.47. The number of halogens is 1. The van der Waals surface area contributed by atoms with Gasteiger partial charge in [0, 0.05) is 17.7 Å². The minimum absolute atomic E-state index is 0.00124. The topological polar surface area (TPSA) is 65.3 Å². The number of aromatic nitrogens is 1. The Bertz CT molecular complexity index is 439. The molecule has 19 heavy (non-hydrogen) atoms. The molecule has 6 heteroatoms. The van der Waals surface area contributed by atoms with Gasteiger partial charge in [-0.15, -0.1) is 0 Å². The highest BCUT2D eigenvalue weighted by molar-refractivity contribution is 9.09. The van der Waals surface area contributed by atoms with Crippen molar-refractivity contribution < 1.29 is 9.66 Å². The van der Waals surface area contributed by atoms with E-state index in [1.54, 1.807) is 19.1 Å². The molecule has 0 bridgehead atoms. The van der Waals surface area contributed by atoms with Crippen molar-refractivity contribution in [3.05, 3.63) is 27.9 Å². The molecule has 0 aliphatic heterocycles. The number of ether oxygens (including phenoxy) is 1. The fourth-order valence-corrected chi connectivity index (χ4v) is 2.64. The van der Waals surface area contributed by atoms with Gasteiger partial charge in [-0.25, -0.2) is 0 Å². The van der Waals surface area contributed by atoms with E-state index in [-0.39, 0.29) is 17.0 Å². The second-order valence-corrected chi connectivity index (χ2v) is 5.22. The fourth-order valence-electron chi connectivity index (χ4n) is 1.69. The number of pyridine rings is 1. The van der Waals surface area contributed by atoms with Crippen LogP contribution in [-0.4, -0.2) is 21.8 Å². The Morgan fingerprint density at radius 3 is 2.53 bits per heavy atom. The predicted molar refractivity (Wildman–Crippen MR) is 77.9 cm³/mol. The van der Waals surface area contributed by atoms with E-state index in [9.17, 15) is 10.1 Å². The Hall–Kier alpha value is -1.17. The summed E-state index contributed by atoms with van der Waals surface area (Å²) in [6, 6.07) is 3.33. The quantitative estimate of drug-likeness (QED) is 0.432. The third-order valence-corrected chi connectivity index (χ3v) is 4.66. The molecular weight excluding hydrogens is 312 g/mol. The minimum atomic E-state index is -0.504. The molecular formula is C13H19BrN2O3. The molecule has 0 fully saturated rings. The Balaban J connectivity index is 2.91. The van der Waals surface area contributed by atoms with Crippen molar-refractivity contribution in [2.45, 2.75) is 33.6 Å². The first-order valence-electron chi connectivity index (χ1n) is 6.29. The van der Waals surface area contributed by atoms with Crippen LogP contribution in [0.2, 0.25) is 0 Å². The minimum Gasteiger partial charge on any atom is -0.485 e. The number of rotatable bonds is 7. The van der Waals surface area contributed by atoms with E-state index in [1.807, 2.05) is 0 Å². The van der Waals surface area contributed by atoms with Crippen LogP contribution in [0.15, 0.2) is 12.1 Å². The number of nitro groups is 1. The van der Waals surface area contributed by atoms with Crippen LogP contribution in [0.1, 0.15) is 32.4 Å². The van der Waals surface area contributed by atoms with Gasteiger partial charge in [0.2, 0.25) is 5.75 Å². The molecule has 0 aliphatic rings. The monoisotopic (exact) mass is 330 g/mol. The molecule has 5 nitrogen and oxygen atoms in total. The van der Waals surface area contributed by atoms with Crippen molar-refractivity contribution in [3.63, 3.8) is 0 Å². The molecule has 0 saturated heterocycles. The normalized spacial score (nSPS) is 11.4. The number of aryl methyl sites for hydroxylation is 1. The standard InChI is InChI=1S/C13H19BrN2O3/c1-4-13(5-2,8-14)9-19-11-7-6-10(3)15-12(11)16(17)18/h6-7H,4-5,8-9H2,1-3H3. The van der Waals surface area contributed by atoms with Gasteiger partial charge in [-0.1, -0.05) is 29.8 Å². The zero-order valence-electron chi connectivity index (χ0n) is 11.5. The second-order valence-electron chi connectivity index (χ2n) is 4.66. The lowest BCUT2D eigenvalue weighted by Gasteiger charge is -2.28. The maximum atomic E-state index is 11.0. The van der Waals surface area contributed by atoms with Crippen LogP contribution in [0.25, 0.3) is 0 Å². The van der Waals surface area contributed by atoms with Crippen LogP contribution in [0, 0.1) is 22.5 Å². The summed E-state index contributed by atoms with van der Waals surface area (Å²) in [7, 11) is 0. The third kappa shape index (κ3) is 3.89. The number of nitrogens with zero attached hydrogens (tertiary/aromatic N) is 2. The van der Waals surface area contributed by atoms with Crippen LogP contribution in [0.3, 0.4) is 0 Å². The molecule has 1 aromatic heterocycles. The Morgan fingerprint density at radius 2 is 2.05 bits per heavy atom. The van der Waals surface area contributed by atoms with E-state index < -0.39 is 4.92 Å². The summed E-state index contributed by atoms with van der Waals surface area (Å²) in [6.07, 6.45) is 1.89. The van der Waals surface area contributed by atoms with E-state index >= 15 is 0 Å². The Kier molecular flexibility index (Phi) is 5.72. The van der Waals surface area contributed by atoms with Gasteiger partial charge in [-0.3, -0.25) is 0 Å². The van der Waals surface area contributed by atoms with Crippen molar-refractivity contribution in [2.24, 2.45) is 5.41 Å². The smallest absolute Gasteiger partial charge is 0.406 e. The molecule has 0 amide bonds. The van der Waals surface area contributed by atoms with Gasteiger partial charge in [0.15, 0.2) is 0 Å². The largest absolute Gasteiger partial charge is 0.485 e. The number of hydrogen-bond acceptors (Lipinski definition) is 4. The van der Waals surface area contributed by atoms with Gasteiger partial charge in [0.1, 0.15) is 5.69 Å². The molecule has 1 rings (SSSR count). The fraction of sp³-hybridized carbons (Fsp3) is 0.615. The summed E-state index contributed by atoms with van der Waals surface area (Å²) in [5.74, 6) is 0.0264.